The van der Waals surface area contributed by atoms with Gasteiger partial charge in [0, 0.05) is 0 Å². The maximum absolute atomic E-state index is 6.58. The predicted molar refractivity (Wildman–Crippen MR) is 161 cm³/mol. The summed E-state index contributed by atoms with van der Waals surface area (Å²) < 4.78 is 9.49. The van der Waals surface area contributed by atoms with E-state index in [1.165, 1.54) is 43.5 Å². The van der Waals surface area contributed by atoms with Crippen LogP contribution in [0.25, 0.3) is 5.70 Å². The molecule has 0 amide bonds. The number of rotatable bonds is 1. The van der Waals surface area contributed by atoms with E-state index in [0.29, 0.717) is 0 Å². The van der Waals surface area contributed by atoms with E-state index in [1.807, 2.05) is 0 Å². The molecule has 212 valence electrons. The predicted octanol–water partition coefficient (Wildman–Crippen LogP) is 7.21. The first-order chi connectivity index (χ1) is 19.8. The Labute approximate surface area is 250 Å². The van der Waals surface area contributed by atoms with Crippen molar-refractivity contribution in [2.45, 2.75) is 70.1 Å². The van der Waals surface area contributed by atoms with Gasteiger partial charge in [0.1, 0.15) is 0 Å². The van der Waals surface area contributed by atoms with Crippen molar-refractivity contribution in [3.8, 4) is 11.5 Å². The molecule has 6 bridgehead atoms. The second kappa shape index (κ2) is 8.78. The molecule has 1 fully saturated rings. The van der Waals surface area contributed by atoms with Crippen molar-refractivity contribution in [2.24, 2.45) is 0 Å². The van der Waals surface area contributed by atoms with Crippen molar-refractivity contribution in [3.63, 3.8) is 0 Å². The molecule has 1 aliphatic carbocycles. The zero-order chi connectivity index (χ0) is 28.0. The normalized spacial score (nSPS) is 22.9. The van der Waals surface area contributed by atoms with Gasteiger partial charge in [-0.15, -0.1) is 0 Å². The fourth-order valence-electron chi connectivity index (χ4n) is 7.20. The SMILES string of the molecule is CC1(C)c2cccc(c2)Oc2cccc(c2)C2(CCCC2)N2C=C(c3ccccc3)N3[C]2=[Pt]=[C]2N1C=CN2C3(C)C. The van der Waals surface area contributed by atoms with Crippen molar-refractivity contribution in [1.29, 1.82) is 0 Å². The van der Waals surface area contributed by atoms with Crippen LogP contribution in [0.1, 0.15) is 70.1 Å². The number of benzene rings is 3. The second-order valence-electron chi connectivity index (χ2n) is 12.6. The van der Waals surface area contributed by atoms with Crippen LogP contribution >= 0.6 is 0 Å². The Morgan fingerprint density at radius 2 is 1.34 bits per heavy atom. The summed E-state index contributed by atoms with van der Waals surface area (Å²) in [5, 5.41) is 0. The molecule has 1 spiro atoms. The van der Waals surface area contributed by atoms with Crippen LogP contribution in [0.5, 0.6) is 11.5 Å². The van der Waals surface area contributed by atoms with Gasteiger partial charge in [0.25, 0.3) is 0 Å². The van der Waals surface area contributed by atoms with Crippen molar-refractivity contribution in [2.75, 3.05) is 0 Å². The summed E-state index contributed by atoms with van der Waals surface area (Å²) in [6, 6.07) is 28.6. The molecule has 41 heavy (non-hydrogen) atoms. The minimum atomic E-state index is -0.548. The summed E-state index contributed by atoms with van der Waals surface area (Å²) in [5.74, 6) is 1.80. The molecule has 0 radical (unpaired) electrons. The Bertz CT molecular complexity index is 1690. The Morgan fingerprint density at radius 3 is 2.07 bits per heavy atom. The van der Waals surface area contributed by atoms with E-state index in [4.69, 9.17) is 4.74 Å². The molecular weight excluding hydrogens is 687 g/mol. The molecule has 3 aromatic rings. The molecule has 0 atom stereocenters. The van der Waals surface area contributed by atoms with Crippen LogP contribution in [0.15, 0.2) is 97.5 Å². The first-order valence-electron chi connectivity index (χ1n) is 14.6. The van der Waals surface area contributed by atoms with Gasteiger partial charge in [-0.3, -0.25) is 0 Å². The average Bonchev–Trinajstić information content (AvgIpc) is 3.72. The fraction of sp³-hybridized carbons (Fsp3) is 0.314. The summed E-state index contributed by atoms with van der Waals surface area (Å²) in [7, 11) is 0. The molecule has 0 N–H and O–H groups in total. The molecule has 5 nitrogen and oxygen atoms in total. The van der Waals surface area contributed by atoms with Crippen LogP contribution in [0.2, 0.25) is 0 Å². The Kier molecular flexibility index (Phi) is 5.42. The van der Waals surface area contributed by atoms with Crippen LogP contribution in [0.3, 0.4) is 0 Å². The van der Waals surface area contributed by atoms with Crippen molar-refractivity contribution in [3.05, 3.63) is 114 Å². The van der Waals surface area contributed by atoms with Gasteiger partial charge in [-0.2, -0.15) is 0 Å². The summed E-state index contributed by atoms with van der Waals surface area (Å²) in [6.07, 6.45) is 11.8. The first kappa shape index (κ1) is 25.3. The van der Waals surface area contributed by atoms with Gasteiger partial charge >= 0.3 is 252 Å². The van der Waals surface area contributed by atoms with E-state index >= 15 is 0 Å². The summed E-state index contributed by atoms with van der Waals surface area (Å²) in [5.41, 5.74) is 4.56. The van der Waals surface area contributed by atoms with Crippen LogP contribution < -0.4 is 4.74 Å². The van der Waals surface area contributed by atoms with E-state index < -0.39 is 17.6 Å². The van der Waals surface area contributed by atoms with Gasteiger partial charge in [0.2, 0.25) is 0 Å². The van der Waals surface area contributed by atoms with Crippen molar-refractivity contribution >= 4 is 14.0 Å². The molecule has 0 aromatic heterocycles. The zero-order valence-electron chi connectivity index (χ0n) is 24.1. The average molecular weight is 724 g/mol. The number of hydrogen-bond acceptors (Lipinski definition) is 5. The van der Waals surface area contributed by atoms with Gasteiger partial charge in [-0.05, 0) is 0 Å². The van der Waals surface area contributed by atoms with Crippen LogP contribution in [-0.2, 0) is 28.7 Å². The molecular formula is C35H36N4OPt. The van der Waals surface area contributed by atoms with Gasteiger partial charge in [-0.1, -0.05) is 0 Å². The standard InChI is InChI=1S/C35H36N4O.Pt/c1-33(2)28-14-10-16-30(22-28)40-31-17-11-15-29(23-31)35(18-8-9-19-35)38-24-32(27-12-6-5-7-13-27)39(26-38)34(3,4)37-21-20-36(33)25-37;/h5-7,10-17,20-24H,8-9,18-19H2,1-4H3;. The topological polar surface area (TPSA) is 22.2 Å². The number of ether oxygens (including phenoxy) is 1. The summed E-state index contributed by atoms with van der Waals surface area (Å²) >= 11 is -0.548. The van der Waals surface area contributed by atoms with E-state index in [9.17, 15) is 0 Å². The van der Waals surface area contributed by atoms with E-state index in [0.717, 1.165) is 24.3 Å². The molecule has 5 aliphatic rings. The van der Waals surface area contributed by atoms with Crippen LogP contribution in [0, 0.1) is 0 Å². The van der Waals surface area contributed by atoms with Crippen LogP contribution in [-0.4, -0.2) is 33.6 Å². The molecule has 1 saturated carbocycles. The number of nitrogens with zero attached hydrogens (tertiary/aromatic N) is 4. The third kappa shape index (κ3) is 3.57. The quantitative estimate of drug-likeness (QED) is 0.264. The second-order valence-corrected chi connectivity index (χ2v) is 15.2. The molecule has 6 heteroatoms. The molecule has 8 rings (SSSR count). The molecule has 4 aliphatic heterocycles. The molecule has 0 saturated heterocycles. The van der Waals surface area contributed by atoms with E-state index in [2.05, 4.69) is 145 Å². The summed E-state index contributed by atoms with van der Waals surface area (Å²) in [4.78, 5) is 10.5. The number of hydrogen-bond donors (Lipinski definition) is 0. The maximum atomic E-state index is 6.58. The monoisotopic (exact) mass is 723 g/mol. The van der Waals surface area contributed by atoms with Gasteiger partial charge in [0.15, 0.2) is 0 Å². The molecule has 3 aromatic carbocycles. The van der Waals surface area contributed by atoms with Gasteiger partial charge < -0.3 is 0 Å². The Morgan fingerprint density at radius 1 is 0.683 bits per heavy atom. The Balaban J connectivity index is 1.45. The summed E-state index contributed by atoms with van der Waals surface area (Å²) in [6.45, 7) is 9.45. The number of fused-ring (bicyclic) bond motifs is 6. The third-order valence-corrected chi connectivity index (χ3v) is 12.7. The van der Waals surface area contributed by atoms with Crippen molar-refractivity contribution < 1.29 is 22.4 Å². The van der Waals surface area contributed by atoms with Gasteiger partial charge in [0.05, 0.1) is 0 Å². The fourth-order valence-corrected chi connectivity index (χ4v) is 11.9. The van der Waals surface area contributed by atoms with Crippen LogP contribution in [0.4, 0.5) is 0 Å². The molecule has 4 heterocycles. The Hall–Kier alpha value is -3.43. The van der Waals surface area contributed by atoms with E-state index in [-0.39, 0.29) is 16.7 Å². The zero-order valence-corrected chi connectivity index (χ0v) is 26.4. The van der Waals surface area contributed by atoms with Crippen molar-refractivity contribution in [1.82, 2.24) is 19.6 Å². The van der Waals surface area contributed by atoms with Gasteiger partial charge in [-0.25, -0.2) is 0 Å². The minimum absolute atomic E-state index is 0.0966. The van der Waals surface area contributed by atoms with E-state index in [1.54, 1.807) is 0 Å². The third-order valence-electron chi connectivity index (χ3n) is 9.57. The first-order valence-corrected chi connectivity index (χ1v) is 16.9. The molecule has 0 unspecified atom stereocenters.